The van der Waals surface area contributed by atoms with Crippen LogP contribution in [0.4, 0.5) is 10.1 Å². The van der Waals surface area contributed by atoms with Gasteiger partial charge in [-0.15, -0.1) is 0 Å². The van der Waals surface area contributed by atoms with Crippen molar-refractivity contribution in [2.24, 2.45) is 5.10 Å². The minimum absolute atomic E-state index is 0.0878. The molecule has 0 saturated heterocycles. The van der Waals surface area contributed by atoms with Crippen molar-refractivity contribution < 1.29 is 8.82 Å². The van der Waals surface area contributed by atoms with E-state index in [9.17, 15) is 4.39 Å². The largest absolute Gasteiger partial charge is 0.543 e. The monoisotopic (exact) mass is 344 g/mol. The molecular formula is C19H25FN2OSi. The smallest absolute Gasteiger partial charge is 0.250 e. The van der Waals surface area contributed by atoms with Crippen LogP contribution in [0.3, 0.4) is 0 Å². The Kier molecular flexibility index (Phi) is 5.44. The van der Waals surface area contributed by atoms with Gasteiger partial charge in [-0.1, -0.05) is 39.0 Å². The average Bonchev–Trinajstić information content (AvgIpc) is 2.50. The van der Waals surface area contributed by atoms with E-state index in [1.165, 1.54) is 12.3 Å². The van der Waals surface area contributed by atoms with Crippen LogP contribution < -0.4 is 9.85 Å². The summed E-state index contributed by atoms with van der Waals surface area (Å²) in [5, 5.41) is 4.19. The van der Waals surface area contributed by atoms with Crippen LogP contribution >= 0.6 is 0 Å². The second kappa shape index (κ2) is 7.17. The summed E-state index contributed by atoms with van der Waals surface area (Å²) in [6.45, 7) is 10.9. The van der Waals surface area contributed by atoms with Crippen molar-refractivity contribution in [2.45, 2.75) is 38.9 Å². The lowest BCUT2D eigenvalue weighted by molar-refractivity contribution is 0.490. The van der Waals surface area contributed by atoms with E-state index in [2.05, 4.69) is 44.4 Å². The molecule has 0 bridgehead atoms. The van der Waals surface area contributed by atoms with Gasteiger partial charge in [-0.3, -0.25) is 5.43 Å². The van der Waals surface area contributed by atoms with Gasteiger partial charge in [-0.25, -0.2) is 4.39 Å². The van der Waals surface area contributed by atoms with Crippen LogP contribution in [0.1, 0.15) is 26.3 Å². The Morgan fingerprint density at radius 3 is 2.38 bits per heavy atom. The normalized spacial score (nSPS) is 12.4. The van der Waals surface area contributed by atoms with E-state index in [1.807, 2.05) is 30.3 Å². The third kappa shape index (κ3) is 4.68. The van der Waals surface area contributed by atoms with Gasteiger partial charge < -0.3 is 4.43 Å². The van der Waals surface area contributed by atoms with Crippen LogP contribution in [0.5, 0.6) is 5.75 Å². The maximum atomic E-state index is 14.0. The van der Waals surface area contributed by atoms with Gasteiger partial charge in [0.25, 0.3) is 0 Å². The zero-order valence-corrected chi connectivity index (χ0v) is 15.9. The van der Waals surface area contributed by atoms with E-state index in [0.29, 0.717) is 11.3 Å². The molecule has 1 N–H and O–H groups in total. The number of rotatable bonds is 5. The number of hydrazone groups is 1. The summed E-state index contributed by atoms with van der Waals surface area (Å²) in [5.74, 6) is 0.361. The maximum absolute atomic E-state index is 14.0. The third-order valence-electron chi connectivity index (χ3n) is 4.32. The zero-order chi connectivity index (χ0) is 17.8. The highest BCUT2D eigenvalue weighted by molar-refractivity contribution is 6.74. The summed E-state index contributed by atoms with van der Waals surface area (Å²) in [5.41, 5.74) is 4.13. The number of para-hydroxylation sites is 1. The van der Waals surface area contributed by atoms with Gasteiger partial charge in [0.1, 0.15) is 11.6 Å². The first-order valence-corrected chi connectivity index (χ1v) is 10.9. The molecule has 0 spiro atoms. The lowest BCUT2D eigenvalue weighted by Crippen LogP contribution is -2.43. The maximum Gasteiger partial charge on any atom is 0.250 e. The highest BCUT2D eigenvalue weighted by atomic mass is 28.4. The van der Waals surface area contributed by atoms with Crippen LogP contribution in [0.15, 0.2) is 53.6 Å². The summed E-state index contributed by atoms with van der Waals surface area (Å²) in [6.07, 6.45) is 1.47. The quantitative estimate of drug-likeness (QED) is 0.431. The summed E-state index contributed by atoms with van der Waals surface area (Å²) < 4.78 is 20.2. The summed E-state index contributed by atoms with van der Waals surface area (Å²) in [6, 6.07) is 14.3. The van der Waals surface area contributed by atoms with Crippen LogP contribution in [-0.2, 0) is 0 Å². The Morgan fingerprint density at radius 2 is 1.75 bits per heavy atom. The van der Waals surface area contributed by atoms with Crippen molar-refractivity contribution in [3.05, 3.63) is 59.9 Å². The molecule has 3 nitrogen and oxygen atoms in total. The molecule has 0 atom stereocenters. The molecular weight excluding hydrogens is 319 g/mol. The second-order valence-electron chi connectivity index (χ2n) is 7.28. The molecule has 0 heterocycles. The van der Waals surface area contributed by atoms with Crippen molar-refractivity contribution in [3.8, 4) is 5.75 Å². The van der Waals surface area contributed by atoms with Gasteiger partial charge in [-0.05, 0) is 48.5 Å². The van der Waals surface area contributed by atoms with E-state index in [0.717, 1.165) is 5.69 Å². The first-order valence-electron chi connectivity index (χ1n) is 8.02. The number of halogens is 1. The van der Waals surface area contributed by atoms with Gasteiger partial charge in [0, 0.05) is 5.56 Å². The molecule has 0 amide bonds. The molecule has 0 fully saturated rings. The highest BCUT2D eigenvalue weighted by Gasteiger charge is 2.39. The number of anilines is 1. The van der Waals surface area contributed by atoms with E-state index in [-0.39, 0.29) is 10.9 Å². The predicted molar refractivity (Wildman–Crippen MR) is 102 cm³/mol. The van der Waals surface area contributed by atoms with Gasteiger partial charge in [0.2, 0.25) is 8.32 Å². The predicted octanol–water partition coefficient (Wildman–Crippen LogP) is 5.66. The van der Waals surface area contributed by atoms with Crippen molar-refractivity contribution >= 4 is 20.2 Å². The SMILES string of the molecule is CC(C)(C)[Si](C)(C)Oc1ccc(F)c(C=NNc2ccccc2)c1. The lowest BCUT2D eigenvalue weighted by atomic mass is 10.2. The average molecular weight is 345 g/mol. The number of benzene rings is 2. The summed E-state index contributed by atoms with van der Waals surface area (Å²) in [4.78, 5) is 0. The Hall–Kier alpha value is -2.14. The molecule has 0 radical (unpaired) electrons. The number of nitrogens with one attached hydrogen (secondary N) is 1. The Labute approximate surface area is 144 Å². The second-order valence-corrected chi connectivity index (χ2v) is 12.0. The Bertz CT molecular complexity index is 709. The van der Waals surface area contributed by atoms with E-state index < -0.39 is 8.32 Å². The fourth-order valence-corrected chi connectivity index (χ4v) is 2.84. The molecule has 5 heteroatoms. The highest BCUT2D eigenvalue weighted by Crippen LogP contribution is 2.37. The molecule has 0 aromatic heterocycles. The summed E-state index contributed by atoms with van der Waals surface area (Å²) >= 11 is 0. The fourth-order valence-electron chi connectivity index (χ4n) is 1.82. The minimum Gasteiger partial charge on any atom is -0.543 e. The molecule has 2 aromatic rings. The van der Waals surface area contributed by atoms with E-state index >= 15 is 0 Å². The summed E-state index contributed by atoms with van der Waals surface area (Å²) in [7, 11) is -1.95. The van der Waals surface area contributed by atoms with Crippen molar-refractivity contribution in [1.29, 1.82) is 0 Å². The molecule has 0 unspecified atom stereocenters. The molecule has 2 rings (SSSR count). The van der Waals surface area contributed by atoms with Gasteiger partial charge in [0.15, 0.2) is 0 Å². The van der Waals surface area contributed by atoms with E-state index in [4.69, 9.17) is 4.43 Å². The zero-order valence-electron chi connectivity index (χ0n) is 14.9. The van der Waals surface area contributed by atoms with Crippen LogP contribution in [0.2, 0.25) is 18.1 Å². The van der Waals surface area contributed by atoms with Gasteiger partial charge in [0.05, 0.1) is 11.9 Å². The molecule has 0 aliphatic rings. The Morgan fingerprint density at radius 1 is 1.08 bits per heavy atom. The first kappa shape index (κ1) is 18.2. The Balaban J connectivity index is 2.14. The number of nitrogens with zero attached hydrogens (tertiary/aromatic N) is 1. The molecule has 0 aliphatic carbocycles. The van der Waals surface area contributed by atoms with Crippen molar-refractivity contribution in [2.75, 3.05) is 5.43 Å². The van der Waals surface area contributed by atoms with Crippen LogP contribution in [-0.4, -0.2) is 14.5 Å². The van der Waals surface area contributed by atoms with Gasteiger partial charge in [-0.2, -0.15) is 5.10 Å². The number of hydrogen-bond donors (Lipinski definition) is 1. The van der Waals surface area contributed by atoms with Crippen LogP contribution in [0, 0.1) is 5.82 Å². The molecule has 0 saturated carbocycles. The van der Waals surface area contributed by atoms with Gasteiger partial charge >= 0.3 is 0 Å². The minimum atomic E-state index is -1.95. The molecule has 0 aliphatic heterocycles. The first-order chi connectivity index (χ1) is 11.2. The van der Waals surface area contributed by atoms with Crippen molar-refractivity contribution in [1.82, 2.24) is 0 Å². The molecule has 128 valence electrons. The standard InChI is InChI=1S/C19H25FN2OSi/c1-19(2,3)24(4,5)23-17-11-12-18(20)15(13-17)14-21-22-16-9-7-6-8-10-16/h6-14,22H,1-5H3. The van der Waals surface area contributed by atoms with Crippen LogP contribution in [0.25, 0.3) is 0 Å². The molecule has 2 aromatic carbocycles. The lowest BCUT2D eigenvalue weighted by Gasteiger charge is -2.36. The fraction of sp³-hybridized carbons (Fsp3) is 0.316. The molecule has 24 heavy (non-hydrogen) atoms. The van der Waals surface area contributed by atoms with Crippen molar-refractivity contribution in [3.63, 3.8) is 0 Å². The third-order valence-corrected chi connectivity index (χ3v) is 8.68. The number of hydrogen-bond acceptors (Lipinski definition) is 3. The topological polar surface area (TPSA) is 33.6 Å². The van der Waals surface area contributed by atoms with E-state index in [1.54, 1.807) is 12.1 Å².